The fourth-order valence-electron chi connectivity index (χ4n) is 2.82. The van der Waals surface area contributed by atoms with Crippen LogP contribution in [0.15, 0.2) is 48.5 Å². The molecule has 0 aliphatic rings. The van der Waals surface area contributed by atoms with Gasteiger partial charge in [-0.25, -0.2) is 9.59 Å². The van der Waals surface area contributed by atoms with Gasteiger partial charge in [-0.2, -0.15) is 0 Å². The number of alkyl halides is 1. The number of esters is 1. The van der Waals surface area contributed by atoms with E-state index >= 15 is 0 Å². The summed E-state index contributed by atoms with van der Waals surface area (Å²) in [5.74, 6) is 0.295. The average Bonchev–Trinajstić information content (AvgIpc) is 2.90. The maximum atomic E-state index is 11.1. The number of carbonyl (C=O) groups excluding carboxylic acids is 1. The molecule has 232 valence electrons. The molecule has 0 aliphatic carbocycles. The van der Waals surface area contributed by atoms with Gasteiger partial charge in [0.25, 0.3) is 0 Å². The van der Waals surface area contributed by atoms with Crippen molar-refractivity contribution in [2.45, 2.75) is 58.3 Å². The van der Waals surface area contributed by atoms with Crippen molar-refractivity contribution in [1.82, 2.24) is 0 Å². The van der Waals surface area contributed by atoms with Crippen molar-refractivity contribution >= 4 is 23.5 Å². The molecule has 0 aromatic heterocycles. The summed E-state index contributed by atoms with van der Waals surface area (Å²) < 4.78 is 10.2. The molecule has 2 aromatic carbocycles. The Hall–Kier alpha value is -0.294. The van der Waals surface area contributed by atoms with Gasteiger partial charge in [-0.1, -0.05) is 19.3 Å². The van der Waals surface area contributed by atoms with Crippen LogP contribution in [0.25, 0.3) is 0 Å². The summed E-state index contributed by atoms with van der Waals surface area (Å²) in [5.41, 5.74) is 0.718. The van der Waals surface area contributed by atoms with E-state index in [-0.39, 0.29) is 121 Å². The number of hydrogen-bond donors (Lipinski definition) is 4. The number of unbranched alkanes of at least 4 members (excludes halogenated alkanes) is 6. The van der Waals surface area contributed by atoms with Gasteiger partial charge in [0.05, 0.1) is 24.3 Å². The van der Waals surface area contributed by atoms with E-state index in [1.54, 1.807) is 19.1 Å². The first-order chi connectivity index (χ1) is 17.9. The van der Waals surface area contributed by atoms with Gasteiger partial charge < -0.3 is 46.3 Å². The van der Waals surface area contributed by atoms with Gasteiger partial charge in [-0.3, -0.25) is 0 Å². The van der Waals surface area contributed by atoms with Crippen LogP contribution in [0.4, 0.5) is 0 Å². The van der Waals surface area contributed by atoms with Crippen molar-refractivity contribution in [3.63, 3.8) is 0 Å². The van der Waals surface area contributed by atoms with Gasteiger partial charge in [-0.15, -0.1) is 11.6 Å². The SMILES string of the molecule is CCOC(=O)c1ccc(O)cc1.O.O=C(O)c1ccc(OCCCCCCO)cc1.OCCCCCCCl.[K+].[Na+].[OH-].[OH-]. The van der Waals surface area contributed by atoms with Gasteiger partial charge in [-0.05, 0) is 87.6 Å². The first-order valence-corrected chi connectivity index (χ1v) is 13.1. The van der Waals surface area contributed by atoms with Gasteiger partial charge in [0.2, 0.25) is 0 Å². The third kappa shape index (κ3) is 31.1. The largest absolute Gasteiger partial charge is 1.00 e. The number of phenolic OH excluding ortho intramolecular Hbond substituents is 1. The van der Waals surface area contributed by atoms with Gasteiger partial charge in [0.15, 0.2) is 0 Å². The predicted octanol–water partition coefficient (Wildman–Crippen LogP) is -1.51. The zero-order valence-corrected chi connectivity index (χ0v) is 30.9. The molecule has 0 radical (unpaired) electrons. The number of halogens is 1. The fraction of sp³-hybridized carbons (Fsp3) is 0.500. The molecule has 0 saturated heterocycles. The van der Waals surface area contributed by atoms with E-state index in [1.807, 2.05) is 0 Å². The molecular formula is C28H45ClKNaO11. The van der Waals surface area contributed by atoms with Crippen molar-refractivity contribution < 1.29 is 137 Å². The van der Waals surface area contributed by atoms with Crippen LogP contribution in [0.2, 0.25) is 0 Å². The number of aromatic hydroxyl groups is 1. The molecule has 0 atom stereocenters. The van der Waals surface area contributed by atoms with Gasteiger partial charge in [0.1, 0.15) is 11.5 Å². The number of aromatic carboxylic acids is 1. The normalized spacial score (nSPS) is 8.67. The monoisotopic (exact) mass is 654 g/mol. The first-order valence-electron chi connectivity index (χ1n) is 12.6. The second-order valence-corrected chi connectivity index (χ2v) is 8.29. The van der Waals surface area contributed by atoms with Crippen LogP contribution >= 0.6 is 11.6 Å². The molecular weight excluding hydrogens is 610 g/mol. The smallest absolute Gasteiger partial charge is 0.870 e. The summed E-state index contributed by atoms with van der Waals surface area (Å²) in [5, 5.41) is 34.6. The zero-order chi connectivity index (χ0) is 27.7. The van der Waals surface area contributed by atoms with Crippen LogP contribution in [0.5, 0.6) is 11.5 Å². The number of carbonyl (C=O) groups is 2. The van der Waals surface area contributed by atoms with Crippen LogP contribution in [0, 0.1) is 0 Å². The third-order valence-corrected chi connectivity index (χ3v) is 5.11. The van der Waals surface area contributed by atoms with Crippen molar-refractivity contribution in [2.24, 2.45) is 0 Å². The van der Waals surface area contributed by atoms with E-state index in [4.69, 9.17) is 41.5 Å². The molecule has 0 fully saturated rings. The summed E-state index contributed by atoms with van der Waals surface area (Å²) in [7, 11) is 0. The maximum absolute atomic E-state index is 11.1. The van der Waals surface area contributed by atoms with E-state index in [9.17, 15) is 9.59 Å². The second-order valence-electron chi connectivity index (χ2n) is 7.91. The summed E-state index contributed by atoms with van der Waals surface area (Å²) in [6.45, 7) is 3.30. The van der Waals surface area contributed by atoms with E-state index in [0.29, 0.717) is 31.1 Å². The Kier molecular flexibility index (Phi) is 50.0. The van der Waals surface area contributed by atoms with Gasteiger partial charge >= 0.3 is 92.9 Å². The number of rotatable bonds is 15. The Labute approximate surface area is 318 Å². The number of aliphatic hydroxyl groups excluding tert-OH is 2. The number of phenols is 1. The molecule has 14 heteroatoms. The Morgan fingerprint density at radius 2 is 1.21 bits per heavy atom. The molecule has 2 rings (SSSR count). The molecule has 8 N–H and O–H groups in total. The molecule has 0 spiro atoms. The van der Waals surface area contributed by atoms with Gasteiger partial charge in [0, 0.05) is 19.1 Å². The number of ether oxygens (including phenoxy) is 2. The Morgan fingerprint density at radius 3 is 1.64 bits per heavy atom. The van der Waals surface area contributed by atoms with Crippen molar-refractivity contribution in [2.75, 3.05) is 32.3 Å². The summed E-state index contributed by atoms with van der Waals surface area (Å²) in [6.07, 6.45) is 8.12. The van der Waals surface area contributed by atoms with Crippen molar-refractivity contribution in [1.29, 1.82) is 0 Å². The predicted molar refractivity (Wildman–Crippen MR) is 152 cm³/mol. The molecule has 11 nitrogen and oxygen atoms in total. The maximum Gasteiger partial charge on any atom is 1.00 e. The minimum Gasteiger partial charge on any atom is -0.870 e. The fourth-order valence-corrected chi connectivity index (χ4v) is 3.01. The molecule has 42 heavy (non-hydrogen) atoms. The van der Waals surface area contributed by atoms with Crippen LogP contribution in [0.3, 0.4) is 0 Å². The summed E-state index contributed by atoms with van der Waals surface area (Å²) in [6, 6.07) is 12.3. The number of hydrogen-bond acceptors (Lipinski definition) is 9. The second kappa shape index (κ2) is 38.7. The van der Waals surface area contributed by atoms with E-state index in [0.717, 1.165) is 57.2 Å². The van der Waals surface area contributed by atoms with Crippen LogP contribution in [-0.2, 0) is 4.74 Å². The minimum atomic E-state index is -0.930. The van der Waals surface area contributed by atoms with Crippen molar-refractivity contribution in [3.05, 3.63) is 59.7 Å². The van der Waals surface area contributed by atoms with E-state index in [1.165, 1.54) is 36.4 Å². The van der Waals surface area contributed by atoms with Crippen LogP contribution in [0.1, 0.15) is 79.0 Å². The molecule has 2 aromatic rings. The number of carboxylic acid groups (broad SMARTS) is 1. The third-order valence-electron chi connectivity index (χ3n) is 4.84. The Balaban J connectivity index is -0.000000116. The quantitative estimate of drug-likeness (QED) is 0.0752. The minimum absolute atomic E-state index is 0. The Bertz CT molecular complexity index is 839. The van der Waals surface area contributed by atoms with E-state index < -0.39 is 5.97 Å². The Morgan fingerprint density at radius 1 is 0.762 bits per heavy atom. The topological polar surface area (TPSA) is 225 Å². The number of benzene rings is 2. The van der Waals surface area contributed by atoms with Crippen LogP contribution in [-0.4, -0.2) is 81.1 Å². The molecule has 0 amide bonds. The summed E-state index contributed by atoms with van der Waals surface area (Å²) >= 11 is 5.42. The standard InChI is InChI=1S/C13H18O4.C9H10O3.C6H13ClO.K.Na.3H2O/c14-9-3-1-2-4-10-17-12-7-5-11(6-8-12)13(15)16;1-2-12-9(11)7-3-5-8(10)6-4-7;7-5-3-1-2-4-6-8;;;;;/h5-8,14H,1-4,9-10H2,(H,15,16);3-6,10H,2H2,1H3;8H,1-6H2;;;3*1H2/q;;;2*+1;;;/p-2. The molecule has 0 aliphatic heterocycles. The average molecular weight is 655 g/mol. The number of aliphatic hydroxyl groups is 2. The molecule has 0 heterocycles. The number of carboxylic acids is 1. The van der Waals surface area contributed by atoms with Crippen LogP contribution < -0.4 is 85.7 Å². The molecule has 0 saturated carbocycles. The first kappa shape index (κ1) is 54.2. The molecule has 0 bridgehead atoms. The molecule has 0 unspecified atom stereocenters. The van der Waals surface area contributed by atoms with E-state index in [2.05, 4.69) is 0 Å². The summed E-state index contributed by atoms with van der Waals surface area (Å²) in [4.78, 5) is 21.7. The van der Waals surface area contributed by atoms with Crippen molar-refractivity contribution in [3.8, 4) is 11.5 Å². The zero-order valence-electron chi connectivity index (χ0n) is 25.0.